The number of ether oxygens (including phenoxy) is 1. The predicted octanol–water partition coefficient (Wildman–Crippen LogP) is 1.88. The van der Waals surface area contributed by atoms with E-state index in [-0.39, 0.29) is 5.84 Å². The van der Waals surface area contributed by atoms with Crippen molar-refractivity contribution in [3.63, 3.8) is 0 Å². The maximum absolute atomic E-state index is 7.35. The molecule has 0 aliphatic heterocycles. The van der Waals surface area contributed by atoms with E-state index in [1.54, 1.807) is 6.07 Å². The van der Waals surface area contributed by atoms with Crippen molar-refractivity contribution in [3.8, 4) is 6.01 Å². The summed E-state index contributed by atoms with van der Waals surface area (Å²) in [4.78, 5) is 8.26. The van der Waals surface area contributed by atoms with Gasteiger partial charge in [-0.1, -0.05) is 26.7 Å². The maximum atomic E-state index is 7.35. The second-order valence-electron chi connectivity index (χ2n) is 4.08. The van der Waals surface area contributed by atoms with Crippen molar-refractivity contribution in [1.29, 1.82) is 5.41 Å². The summed E-state index contributed by atoms with van der Waals surface area (Å²) in [5, 5.41) is 7.35. The molecule has 0 bridgehead atoms. The van der Waals surface area contributed by atoms with Crippen LogP contribution in [0.25, 0.3) is 0 Å². The minimum atomic E-state index is -0.0668. The molecule has 0 saturated carbocycles. The Hall–Kier alpha value is -1.65. The standard InChI is InChI=1S/C12H20N4O/c1-4-9(5-2)7-17-12-15-8(3)6-10(16-12)11(13)14/h6,9H,4-5,7H2,1-3H3,(H3,13,14). The molecule has 0 amide bonds. The second-order valence-corrected chi connectivity index (χ2v) is 4.08. The van der Waals surface area contributed by atoms with Crippen LogP contribution < -0.4 is 10.5 Å². The third-order valence-electron chi connectivity index (χ3n) is 2.71. The third kappa shape index (κ3) is 4.01. The number of hydrogen-bond donors (Lipinski definition) is 2. The minimum Gasteiger partial charge on any atom is -0.463 e. The summed E-state index contributed by atoms with van der Waals surface area (Å²) in [7, 11) is 0. The SMILES string of the molecule is CCC(CC)COc1nc(C)cc(C(=N)N)n1. The van der Waals surface area contributed by atoms with Crippen LogP contribution in [0.1, 0.15) is 38.1 Å². The van der Waals surface area contributed by atoms with E-state index in [2.05, 4.69) is 23.8 Å². The van der Waals surface area contributed by atoms with Gasteiger partial charge in [-0.25, -0.2) is 4.98 Å². The minimum absolute atomic E-state index is 0.0668. The Morgan fingerprint density at radius 1 is 1.41 bits per heavy atom. The number of amidine groups is 1. The summed E-state index contributed by atoms with van der Waals surface area (Å²) in [5.41, 5.74) is 6.57. The topological polar surface area (TPSA) is 84.9 Å². The second kappa shape index (κ2) is 6.18. The molecule has 5 nitrogen and oxygen atoms in total. The van der Waals surface area contributed by atoms with Crippen molar-refractivity contribution >= 4 is 5.84 Å². The summed E-state index contributed by atoms with van der Waals surface area (Å²) in [6, 6.07) is 1.98. The largest absolute Gasteiger partial charge is 0.463 e. The lowest BCUT2D eigenvalue weighted by atomic mass is 10.1. The van der Waals surface area contributed by atoms with Gasteiger partial charge in [0.2, 0.25) is 0 Å². The number of nitrogens with two attached hydrogens (primary N) is 1. The molecule has 1 aromatic heterocycles. The lowest BCUT2D eigenvalue weighted by molar-refractivity contribution is 0.223. The van der Waals surface area contributed by atoms with Crippen LogP contribution in [0.15, 0.2) is 6.07 Å². The fraction of sp³-hybridized carbons (Fsp3) is 0.583. The van der Waals surface area contributed by atoms with Gasteiger partial charge >= 0.3 is 6.01 Å². The van der Waals surface area contributed by atoms with Crippen molar-refractivity contribution in [2.45, 2.75) is 33.6 Å². The van der Waals surface area contributed by atoms with Crippen molar-refractivity contribution in [3.05, 3.63) is 17.5 Å². The number of nitrogens with zero attached hydrogens (tertiary/aromatic N) is 2. The van der Waals surface area contributed by atoms with E-state index < -0.39 is 0 Å². The van der Waals surface area contributed by atoms with Gasteiger partial charge in [0.1, 0.15) is 11.5 Å². The Bertz CT molecular complexity index is 388. The summed E-state index contributed by atoms with van der Waals surface area (Å²) in [6.07, 6.45) is 2.14. The Morgan fingerprint density at radius 3 is 2.59 bits per heavy atom. The number of nitrogen functional groups attached to an aromatic ring is 1. The number of hydrogen-bond acceptors (Lipinski definition) is 4. The van der Waals surface area contributed by atoms with Crippen molar-refractivity contribution in [2.24, 2.45) is 11.7 Å². The van der Waals surface area contributed by atoms with Crippen LogP contribution in [0.3, 0.4) is 0 Å². The first-order chi connectivity index (χ1) is 8.06. The summed E-state index contributed by atoms with van der Waals surface area (Å²) in [5.74, 6) is 0.447. The lowest BCUT2D eigenvalue weighted by Gasteiger charge is -2.13. The van der Waals surface area contributed by atoms with Crippen LogP contribution in [0.4, 0.5) is 0 Å². The summed E-state index contributed by atoms with van der Waals surface area (Å²) in [6.45, 7) is 6.71. The fourth-order valence-corrected chi connectivity index (χ4v) is 1.46. The Balaban J connectivity index is 2.74. The zero-order valence-corrected chi connectivity index (χ0v) is 10.7. The molecular weight excluding hydrogens is 216 g/mol. The van der Waals surface area contributed by atoms with Gasteiger partial charge < -0.3 is 10.5 Å². The molecule has 0 fully saturated rings. The molecule has 1 rings (SSSR count). The van der Waals surface area contributed by atoms with Gasteiger partial charge in [-0.05, 0) is 18.9 Å². The first-order valence-electron chi connectivity index (χ1n) is 5.89. The monoisotopic (exact) mass is 236 g/mol. The van der Waals surface area contributed by atoms with Crippen LogP contribution >= 0.6 is 0 Å². The van der Waals surface area contributed by atoms with Gasteiger partial charge in [-0.15, -0.1) is 0 Å². The molecule has 0 aliphatic carbocycles. The molecule has 94 valence electrons. The van der Waals surface area contributed by atoms with Gasteiger partial charge in [-0.3, -0.25) is 5.41 Å². The van der Waals surface area contributed by atoms with Crippen LogP contribution in [0.2, 0.25) is 0 Å². The van der Waals surface area contributed by atoms with Crippen molar-refractivity contribution in [1.82, 2.24) is 9.97 Å². The number of aryl methyl sites for hydroxylation is 1. The van der Waals surface area contributed by atoms with Crippen molar-refractivity contribution < 1.29 is 4.74 Å². The quantitative estimate of drug-likeness (QED) is 0.583. The molecule has 5 heteroatoms. The molecule has 0 unspecified atom stereocenters. The zero-order valence-electron chi connectivity index (χ0n) is 10.7. The smallest absolute Gasteiger partial charge is 0.317 e. The van der Waals surface area contributed by atoms with Crippen molar-refractivity contribution in [2.75, 3.05) is 6.61 Å². The van der Waals surface area contributed by atoms with Gasteiger partial charge in [-0.2, -0.15) is 4.98 Å². The van der Waals surface area contributed by atoms with Gasteiger partial charge in [0, 0.05) is 5.69 Å². The molecule has 0 aromatic carbocycles. The lowest BCUT2D eigenvalue weighted by Crippen LogP contribution is -2.16. The highest BCUT2D eigenvalue weighted by Crippen LogP contribution is 2.11. The van der Waals surface area contributed by atoms with E-state index in [0.717, 1.165) is 18.5 Å². The van der Waals surface area contributed by atoms with E-state index in [9.17, 15) is 0 Å². The van der Waals surface area contributed by atoms with E-state index in [1.807, 2.05) is 6.92 Å². The Labute approximate surface area is 102 Å². The predicted molar refractivity (Wildman–Crippen MR) is 67.4 cm³/mol. The van der Waals surface area contributed by atoms with E-state index in [0.29, 0.717) is 24.2 Å². The highest BCUT2D eigenvalue weighted by molar-refractivity contribution is 5.93. The molecule has 0 radical (unpaired) electrons. The van der Waals surface area contributed by atoms with Crippen LogP contribution in [0, 0.1) is 18.3 Å². The average molecular weight is 236 g/mol. The van der Waals surface area contributed by atoms with E-state index in [1.165, 1.54) is 0 Å². The molecular formula is C12H20N4O. The highest BCUT2D eigenvalue weighted by Gasteiger charge is 2.08. The van der Waals surface area contributed by atoms with E-state index in [4.69, 9.17) is 15.9 Å². The molecule has 17 heavy (non-hydrogen) atoms. The van der Waals surface area contributed by atoms with Gasteiger partial charge in [0.25, 0.3) is 0 Å². The van der Waals surface area contributed by atoms with Crippen LogP contribution in [-0.4, -0.2) is 22.4 Å². The molecule has 0 aliphatic rings. The number of aromatic nitrogens is 2. The van der Waals surface area contributed by atoms with Gasteiger partial charge in [0.05, 0.1) is 6.61 Å². The van der Waals surface area contributed by atoms with Crippen LogP contribution in [0.5, 0.6) is 6.01 Å². The van der Waals surface area contributed by atoms with E-state index >= 15 is 0 Å². The third-order valence-corrected chi connectivity index (χ3v) is 2.71. The zero-order chi connectivity index (χ0) is 12.8. The molecule has 0 atom stereocenters. The average Bonchev–Trinajstić information content (AvgIpc) is 2.29. The summed E-state index contributed by atoms with van der Waals surface area (Å²) >= 11 is 0. The number of nitrogens with one attached hydrogen (secondary N) is 1. The first-order valence-corrected chi connectivity index (χ1v) is 5.89. The normalized spacial score (nSPS) is 10.6. The Morgan fingerprint density at radius 2 is 2.06 bits per heavy atom. The first kappa shape index (κ1) is 13.4. The molecule has 3 N–H and O–H groups in total. The molecule has 1 heterocycles. The highest BCUT2D eigenvalue weighted by atomic mass is 16.5. The molecule has 0 spiro atoms. The molecule has 0 saturated heterocycles. The molecule has 1 aromatic rings. The number of rotatable bonds is 6. The van der Waals surface area contributed by atoms with Crippen LogP contribution in [-0.2, 0) is 0 Å². The van der Waals surface area contributed by atoms with Gasteiger partial charge in [0.15, 0.2) is 0 Å². The maximum Gasteiger partial charge on any atom is 0.317 e. The fourth-order valence-electron chi connectivity index (χ4n) is 1.46. The summed E-state index contributed by atoms with van der Waals surface area (Å²) < 4.78 is 5.55. The Kier molecular flexibility index (Phi) is 4.87.